The van der Waals surface area contributed by atoms with Crippen LogP contribution in [0.4, 0.5) is 0 Å². The second kappa shape index (κ2) is 2.59. The summed E-state index contributed by atoms with van der Waals surface area (Å²) in [5.74, 6) is 3.14. The van der Waals surface area contributed by atoms with Crippen molar-refractivity contribution in [3.8, 4) is 0 Å². The summed E-state index contributed by atoms with van der Waals surface area (Å²) in [6, 6.07) is 0. The van der Waals surface area contributed by atoms with Crippen molar-refractivity contribution in [3.05, 3.63) is 11.7 Å². The fraction of sp³-hybridized carbons (Fsp3) is 0.818. The molecule has 0 saturated heterocycles. The van der Waals surface area contributed by atoms with Crippen molar-refractivity contribution < 1.29 is 4.52 Å². The van der Waals surface area contributed by atoms with Crippen molar-refractivity contribution in [1.29, 1.82) is 0 Å². The van der Waals surface area contributed by atoms with Crippen LogP contribution >= 0.6 is 0 Å². The minimum Gasteiger partial charge on any atom is -0.339 e. The molecule has 2 saturated carbocycles. The Morgan fingerprint density at radius 1 is 1.29 bits per heavy atom. The lowest BCUT2D eigenvalue weighted by Crippen LogP contribution is -2.45. The fourth-order valence-electron chi connectivity index (χ4n) is 3.39. The molecule has 76 valence electrons. The Balaban J connectivity index is 1.65. The fourth-order valence-corrected chi connectivity index (χ4v) is 3.39. The maximum Gasteiger partial charge on any atom is 0.229 e. The Morgan fingerprint density at radius 3 is 2.50 bits per heavy atom. The van der Waals surface area contributed by atoms with Crippen molar-refractivity contribution in [2.75, 3.05) is 0 Å². The average molecular weight is 192 g/mol. The smallest absolute Gasteiger partial charge is 0.229 e. The molecule has 0 atom stereocenters. The van der Waals surface area contributed by atoms with Crippen molar-refractivity contribution in [1.82, 2.24) is 10.1 Å². The molecular weight excluding hydrogens is 176 g/mol. The zero-order valence-electron chi connectivity index (χ0n) is 8.79. The van der Waals surface area contributed by atoms with Gasteiger partial charge in [0.25, 0.3) is 0 Å². The topological polar surface area (TPSA) is 38.9 Å². The van der Waals surface area contributed by atoms with E-state index in [2.05, 4.69) is 17.1 Å². The number of hydrogen-bond acceptors (Lipinski definition) is 3. The van der Waals surface area contributed by atoms with Crippen LogP contribution in [0.15, 0.2) is 4.52 Å². The highest BCUT2D eigenvalue weighted by atomic mass is 16.5. The summed E-state index contributed by atoms with van der Waals surface area (Å²) in [4.78, 5) is 4.30. The minimum atomic E-state index is 0.559. The molecule has 0 unspecified atom stereocenters. The van der Waals surface area contributed by atoms with Gasteiger partial charge < -0.3 is 4.52 Å². The van der Waals surface area contributed by atoms with E-state index in [1.807, 2.05) is 6.92 Å². The van der Waals surface area contributed by atoms with Crippen LogP contribution in [-0.2, 0) is 0 Å². The first-order chi connectivity index (χ1) is 6.67. The highest BCUT2D eigenvalue weighted by Gasteiger charge is 2.53. The molecule has 1 heterocycles. The third-order valence-corrected chi connectivity index (χ3v) is 3.81. The van der Waals surface area contributed by atoms with E-state index in [9.17, 15) is 0 Å². The highest BCUT2D eigenvalue weighted by Crippen LogP contribution is 2.63. The lowest BCUT2D eigenvalue weighted by molar-refractivity contribution is -0.0419. The first kappa shape index (κ1) is 8.45. The van der Waals surface area contributed by atoms with Crippen LogP contribution in [-0.4, -0.2) is 10.1 Å². The molecule has 1 spiro atoms. The van der Waals surface area contributed by atoms with Gasteiger partial charge in [-0.25, -0.2) is 0 Å². The zero-order chi connectivity index (χ0) is 9.76. The van der Waals surface area contributed by atoms with Crippen molar-refractivity contribution >= 4 is 0 Å². The van der Waals surface area contributed by atoms with Crippen LogP contribution < -0.4 is 0 Å². The second-order valence-electron chi connectivity index (χ2n) is 5.30. The Kier molecular flexibility index (Phi) is 1.56. The summed E-state index contributed by atoms with van der Waals surface area (Å²) < 4.78 is 5.20. The first-order valence-electron chi connectivity index (χ1n) is 5.47. The van der Waals surface area contributed by atoms with Gasteiger partial charge in [-0.3, -0.25) is 0 Å². The summed E-state index contributed by atoms with van der Waals surface area (Å²) >= 11 is 0. The Labute approximate surface area is 83.9 Å². The van der Waals surface area contributed by atoms with Gasteiger partial charge in [-0.15, -0.1) is 0 Å². The predicted octanol–water partition coefficient (Wildman–Crippen LogP) is 2.67. The maximum absolute atomic E-state index is 5.20. The van der Waals surface area contributed by atoms with Gasteiger partial charge in [-0.1, -0.05) is 12.1 Å². The molecule has 0 aromatic carbocycles. The van der Waals surface area contributed by atoms with E-state index >= 15 is 0 Å². The number of rotatable bonds is 1. The summed E-state index contributed by atoms with van der Waals surface area (Å²) in [6.07, 6.45) is 5.38. The monoisotopic (exact) mass is 192 g/mol. The molecule has 3 heteroatoms. The van der Waals surface area contributed by atoms with Crippen molar-refractivity contribution in [2.45, 2.75) is 45.4 Å². The molecule has 0 amide bonds. The molecule has 3 nitrogen and oxygen atoms in total. The molecule has 14 heavy (non-hydrogen) atoms. The first-order valence-corrected chi connectivity index (χ1v) is 5.47. The van der Waals surface area contributed by atoms with E-state index in [0.29, 0.717) is 11.3 Å². The number of aryl methyl sites for hydroxylation is 1. The minimum absolute atomic E-state index is 0.559. The molecule has 0 bridgehead atoms. The van der Waals surface area contributed by atoms with Crippen LogP contribution in [0, 0.1) is 18.3 Å². The third-order valence-electron chi connectivity index (χ3n) is 3.81. The Bertz CT molecular complexity index is 344. The maximum atomic E-state index is 5.20. The van der Waals surface area contributed by atoms with Crippen LogP contribution in [0.3, 0.4) is 0 Å². The van der Waals surface area contributed by atoms with Gasteiger partial charge >= 0.3 is 0 Å². The Morgan fingerprint density at radius 2 is 2.00 bits per heavy atom. The van der Waals surface area contributed by atoms with Gasteiger partial charge in [0.05, 0.1) is 0 Å². The molecule has 1 aromatic rings. The number of nitrogens with zero attached hydrogens (tertiary/aromatic N) is 2. The van der Waals surface area contributed by atoms with Gasteiger partial charge in [-0.05, 0) is 43.9 Å². The lowest BCUT2D eigenvalue weighted by Gasteiger charge is -2.56. The van der Waals surface area contributed by atoms with E-state index in [-0.39, 0.29) is 0 Å². The molecular formula is C11H16N2O. The predicted molar refractivity (Wildman–Crippen MR) is 51.8 cm³/mol. The zero-order valence-corrected chi connectivity index (χ0v) is 8.79. The molecule has 2 fully saturated rings. The van der Waals surface area contributed by atoms with Crippen molar-refractivity contribution in [3.63, 3.8) is 0 Å². The van der Waals surface area contributed by atoms with Gasteiger partial charge in [0, 0.05) is 5.92 Å². The standard InChI is InChI=1S/C11H16N2O/c1-7-3-11(4-7)5-9(6-11)10-12-8(2)13-14-10/h7,9H,3-6H2,1-2H3. The molecule has 1 aromatic heterocycles. The van der Waals surface area contributed by atoms with E-state index in [1.165, 1.54) is 25.7 Å². The van der Waals surface area contributed by atoms with Gasteiger partial charge in [0.2, 0.25) is 5.89 Å². The van der Waals surface area contributed by atoms with E-state index in [0.717, 1.165) is 17.6 Å². The Hall–Kier alpha value is -0.860. The summed E-state index contributed by atoms with van der Waals surface area (Å²) in [7, 11) is 0. The molecule has 3 rings (SSSR count). The number of aromatic nitrogens is 2. The molecule has 2 aliphatic carbocycles. The summed E-state index contributed by atoms with van der Waals surface area (Å²) in [6.45, 7) is 4.22. The quantitative estimate of drug-likeness (QED) is 0.686. The van der Waals surface area contributed by atoms with Crippen LogP contribution in [0.2, 0.25) is 0 Å². The van der Waals surface area contributed by atoms with Gasteiger partial charge in [0.15, 0.2) is 5.82 Å². The SMILES string of the molecule is Cc1noc(C2CC3(CC(C)C3)C2)n1. The lowest BCUT2D eigenvalue weighted by atomic mass is 9.48. The van der Waals surface area contributed by atoms with E-state index < -0.39 is 0 Å². The van der Waals surface area contributed by atoms with Crippen LogP contribution in [0.1, 0.15) is 50.2 Å². The highest BCUT2D eigenvalue weighted by molar-refractivity contribution is 5.10. The largest absolute Gasteiger partial charge is 0.339 e. The van der Waals surface area contributed by atoms with E-state index in [4.69, 9.17) is 4.52 Å². The molecule has 2 aliphatic rings. The number of hydrogen-bond donors (Lipinski definition) is 0. The van der Waals surface area contributed by atoms with Gasteiger partial charge in [0.1, 0.15) is 0 Å². The normalized spacial score (nSPS) is 40.7. The summed E-state index contributed by atoms with van der Waals surface area (Å²) in [5, 5.41) is 3.84. The van der Waals surface area contributed by atoms with Crippen molar-refractivity contribution in [2.24, 2.45) is 11.3 Å². The van der Waals surface area contributed by atoms with Crippen LogP contribution in [0.5, 0.6) is 0 Å². The van der Waals surface area contributed by atoms with Gasteiger partial charge in [-0.2, -0.15) is 4.98 Å². The summed E-state index contributed by atoms with van der Waals surface area (Å²) in [5.41, 5.74) is 0.673. The molecule has 0 radical (unpaired) electrons. The molecule has 0 N–H and O–H groups in total. The van der Waals surface area contributed by atoms with Crippen LogP contribution in [0.25, 0.3) is 0 Å². The second-order valence-corrected chi connectivity index (χ2v) is 5.30. The third kappa shape index (κ3) is 1.11. The molecule has 0 aliphatic heterocycles. The average Bonchev–Trinajstić information content (AvgIpc) is 2.41. The van der Waals surface area contributed by atoms with E-state index in [1.54, 1.807) is 0 Å².